The SMILES string of the molecule is CC1=CC(CNC(=O)C2CC2)C(C(C)C)CC1Cc1nc2ccncc2[nH]1. The maximum atomic E-state index is 12.0. The quantitative estimate of drug-likeness (QED) is 0.762. The lowest BCUT2D eigenvalue weighted by Crippen LogP contribution is -2.37. The van der Waals surface area contributed by atoms with Gasteiger partial charge in [0.25, 0.3) is 0 Å². The molecular formula is C22H30N4O. The third kappa shape index (κ3) is 4.07. The van der Waals surface area contributed by atoms with Crippen LogP contribution in [0.5, 0.6) is 0 Å². The van der Waals surface area contributed by atoms with Crippen molar-refractivity contribution in [2.24, 2.45) is 29.6 Å². The number of hydrogen-bond acceptors (Lipinski definition) is 3. The van der Waals surface area contributed by atoms with Gasteiger partial charge in [-0.2, -0.15) is 0 Å². The zero-order valence-corrected chi connectivity index (χ0v) is 16.5. The lowest BCUT2D eigenvalue weighted by atomic mass is 9.69. The molecule has 5 heteroatoms. The van der Waals surface area contributed by atoms with Gasteiger partial charge < -0.3 is 10.3 Å². The second-order valence-corrected chi connectivity index (χ2v) is 8.71. The lowest BCUT2D eigenvalue weighted by molar-refractivity contribution is -0.122. The molecule has 1 fully saturated rings. The number of aromatic nitrogens is 3. The Morgan fingerprint density at radius 3 is 2.89 bits per heavy atom. The fourth-order valence-electron chi connectivity index (χ4n) is 4.46. The number of aromatic amines is 1. The van der Waals surface area contributed by atoms with Crippen LogP contribution in [0.1, 0.15) is 45.9 Å². The van der Waals surface area contributed by atoms with Crippen LogP contribution in [-0.2, 0) is 11.2 Å². The van der Waals surface area contributed by atoms with Crippen LogP contribution in [-0.4, -0.2) is 27.4 Å². The first-order valence-electron chi connectivity index (χ1n) is 10.3. The van der Waals surface area contributed by atoms with Crippen LogP contribution in [0.2, 0.25) is 0 Å². The molecule has 2 aromatic rings. The molecule has 2 aliphatic carbocycles. The largest absolute Gasteiger partial charge is 0.355 e. The highest BCUT2D eigenvalue weighted by Gasteiger charge is 2.34. The zero-order valence-electron chi connectivity index (χ0n) is 16.5. The first-order valence-corrected chi connectivity index (χ1v) is 10.3. The summed E-state index contributed by atoms with van der Waals surface area (Å²) in [6.45, 7) is 7.62. The number of amides is 1. The van der Waals surface area contributed by atoms with E-state index in [-0.39, 0.29) is 11.8 Å². The van der Waals surface area contributed by atoms with E-state index in [0.717, 1.165) is 49.1 Å². The molecular weight excluding hydrogens is 336 g/mol. The van der Waals surface area contributed by atoms with Crippen molar-refractivity contribution < 1.29 is 4.79 Å². The molecule has 0 aliphatic heterocycles. The number of allylic oxidation sites excluding steroid dienone is 1. The maximum Gasteiger partial charge on any atom is 0.223 e. The standard InChI is InChI=1S/C22H30N4O/c1-13(2)18-9-16(10-21-25-19-6-7-23-12-20(19)26-21)14(3)8-17(18)11-24-22(27)15-4-5-15/h6-8,12-13,15-18H,4-5,9-11H2,1-3H3,(H,24,27)(H,25,26). The van der Waals surface area contributed by atoms with Gasteiger partial charge >= 0.3 is 0 Å². The highest BCUT2D eigenvalue weighted by molar-refractivity contribution is 5.80. The van der Waals surface area contributed by atoms with E-state index in [1.807, 2.05) is 12.3 Å². The summed E-state index contributed by atoms with van der Waals surface area (Å²) in [5.74, 6) is 3.70. The Bertz CT molecular complexity index is 816. The molecule has 5 nitrogen and oxygen atoms in total. The lowest BCUT2D eigenvalue weighted by Gasteiger charge is -2.37. The van der Waals surface area contributed by atoms with E-state index in [0.29, 0.717) is 23.7 Å². The average molecular weight is 367 g/mol. The smallest absolute Gasteiger partial charge is 0.223 e. The molecule has 2 N–H and O–H groups in total. The average Bonchev–Trinajstić information content (AvgIpc) is 3.41. The van der Waals surface area contributed by atoms with Crippen molar-refractivity contribution in [3.8, 4) is 0 Å². The molecule has 3 unspecified atom stereocenters. The topological polar surface area (TPSA) is 70.7 Å². The zero-order chi connectivity index (χ0) is 19.0. The van der Waals surface area contributed by atoms with Crippen molar-refractivity contribution in [2.75, 3.05) is 6.54 Å². The third-order valence-corrected chi connectivity index (χ3v) is 6.32. The van der Waals surface area contributed by atoms with Crippen molar-refractivity contribution in [2.45, 2.75) is 46.5 Å². The Labute approximate surface area is 161 Å². The summed E-state index contributed by atoms with van der Waals surface area (Å²) in [7, 11) is 0. The number of H-pyrrole nitrogens is 1. The van der Waals surface area contributed by atoms with E-state index in [1.165, 1.54) is 5.57 Å². The fourth-order valence-corrected chi connectivity index (χ4v) is 4.46. The molecule has 0 saturated heterocycles. The van der Waals surface area contributed by atoms with Crippen LogP contribution >= 0.6 is 0 Å². The number of pyridine rings is 1. The van der Waals surface area contributed by atoms with E-state index < -0.39 is 0 Å². The van der Waals surface area contributed by atoms with E-state index in [1.54, 1.807) is 6.20 Å². The van der Waals surface area contributed by atoms with E-state index in [4.69, 9.17) is 4.98 Å². The summed E-state index contributed by atoms with van der Waals surface area (Å²) < 4.78 is 0. The monoisotopic (exact) mass is 366 g/mol. The van der Waals surface area contributed by atoms with E-state index in [9.17, 15) is 4.79 Å². The van der Waals surface area contributed by atoms with Crippen molar-refractivity contribution >= 4 is 16.9 Å². The van der Waals surface area contributed by atoms with Crippen molar-refractivity contribution in [1.29, 1.82) is 0 Å². The van der Waals surface area contributed by atoms with Crippen LogP contribution in [0.15, 0.2) is 30.1 Å². The van der Waals surface area contributed by atoms with Gasteiger partial charge in [-0.15, -0.1) is 0 Å². The number of carbonyl (C=O) groups excluding carboxylic acids is 1. The second kappa shape index (κ2) is 7.45. The predicted molar refractivity (Wildman–Crippen MR) is 107 cm³/mol. The molecule has 1 saturated carbocycles. The minimum atomic E-state index is 0.251. The Morgan fingerprint density at radius 1 is 1.37 bits per heavy atom. The summed E-state index contributed by atoms with van der Waals surface area (Å²) in [6.07, 6.45) is 10.2. The molecule has 0 spiro atoms. The highest BCUT2D eigenvalue weighted by atomic mass is 16.2. The summed E-state index contributed by atoms with van der Waals surface area (Å²) >= 11 is 0. The van der Waals surface area contributed by atoms with E-state index in [2.05, 4.69) is 42.1 Å². The second-order valence-electron chi connectivity index (χ2n) is 8.71. The molecule has 2 heterocycles. The van der Waals surface area contributed by atoms with Gasteiger partial charge in [-0.3, -0.25) is 9.78 Å². The van der Waals surface area contributed by atoms with Gasteiger partial charge in [0.05, 0.1) is 17.2 Å². The molecule has 2 aromatic heterocycles. The van der Waals surface area contributed by atoms with Crippen LogP contribution in [0.3, 0.4) is 0 Å². The fraction of sp³-hybridized carbons (Fsp3) is 0.591. The predicted octanol–water partition coefficient (Wildman–Crippen LogP) is 3.88. The van der Waals surface area contributed by atoms with Crippen LogP contribution in [0.4, 0.5) is 0 Å². The Morgan fingerprint density at radius 2 is 2.19 bits per heavy atom. The number of hydrogen-bond donors (Lipinski definition) is 2. The Kier molecular flexibility index (Phi) is 5.02. The van der Waals surface area contributed by atoms with Gasteiger partial charge in [-0.05, 0) is 55.9 Å². The number of nitrogens with zero attached hydrogens (tertiary/aromatic N) is 2. The van der Waals surface area contributed by atoms with Gasteiger partial charge in [0.1, 0.15) is 5.82 Å². The normalized spacial score (nSPS) is 25.6. The molecule has 3 atom stereocenters. The molecule has 2 aliphatic rings. The number of rotatable bonds is 6. The van der Waals surface area contributed by atoms with Gasteiger partial charge in [-0.1, -0.05) is 25.5 Å². The molecule has 0 radical (unpaired) electrons. The Balaban J connectivity index is 1.47. The highest BCUT2D eigenvalue weighted by Crippen LogP contribution is 2.39. The first kappa shape index (κ1) is 18.2. The first-order chi connectivity index (χ1) is 13.0. The van der Waals surface area contributed by atoms with Crippen molar-refractivity contribution in [3.63, 3.8) is 0 Å². The number of nitrogens with one attached hydrogen (secondary N) is 2. The number of carbonyl (C=O) groups is 1. The van der Waals surface area contributed by atoms with Crippen LogP contribution in [0, 0.1) is 29.6 Å². The van der Waals surface area contributed by atoms with Gasteiger partial charge in [0.15, 0.2) is 0 Å². The minimum Gasteiger partial charge on any atom is -0.355 e. The Hall–Kier alpha value is -2.17. The minimum absolute atomic E-state index is 0.251. The van der Waals surface area contributed by atoms with Gasteiger partial charge in [-0.25, -0.2) is 4.98 Å². The van der Waals surface area contributed by atoms with Crippen molar-refractivity contribution in [1.82, 2.24) is 20.3 Å². The van der Waals surface area contributed by atoms with E-state index >= 15 is 0 Å². The molecule has 144 valence electrons. The number of fused-ring (bicyclic) bond motifs is 1. The summed E-state index contributed by atoms with van der Waals surface area (Å²) in [4.78, 5) is 24.4. The maximum absolute atomic E-state index is 12.0. The molecule has 0 aromatic carbocycles. The van der Waals surface area contributed by atoms with Crippen LogP contribution in [0.25, 0.3) is 11.0 Å². The number of imidazole rings is 1. The summed E-state index contributed by atoms with van der Waals surface area (Å²) in [6, 6.07) is 1.95. The van der Waals surface area contributed by atoms with Gasteiger partial charge in [0, 0.05) is 25.1 Å². The molecule has 27 heavy (non-hydrogen) atoms. The summed E-state index contributed by atoms with van der Waals surface area (Å²) in [5.41, 5.74) is 3.42. The molecule has 0 bridgehead atoms. The summed E-state index contributed by atoms with van der Waals surface area (Å²) in [5, 5.41) is 3.19. The van der Waals surface area contributed by atoms with Crippen LogP contribution < -0.4 is 5.32 Å². The van der Waals surface area contributed by atoms with Gasteiger partial charge in [0.2, 0.25) is 5.91 Å². The third-order valence-electron chi connectivity index (χ3n) is 6.32. The molecule has 4 rings (SSSR count). The molecule has 1 amide bonds. The van der Waals surface area contributed by atoms with Crippen molar-refractivity contribution in [3.05, 3.63) is 35.9 Å².